The first-order chi connectivity index (χ1) is 14.3. The number of piperidine rings is 1. The second-order valence-corrected chi connectivity index (χ2v) is 10.2. The van der Waals surface area contributed by atoms with E-state index in [0.717, 1.165) is 32.1 Å². The number of hydrogen-bond donors (Lipinski definition) is 3. The van der Waals surface area contributed by atoms with E-state index < -0.39 is 18.5 Å². The number of rotatable bonds is 2. The van der Waals surface area contributed by atoms with Crippen molar-refractivity contribution in [1.29, 1.82) is 0 Å². The maximum Gasteiger partial charge on any atom is 0.267 e. The molecule has 1 aliphatic carbocycles. The SMILES string of the molecule is O=C(C1CC2C(Cl)CCCC2N1)N1CCC2NNC(C(=O)N3CCC(F)(F)C3)C2C1. The van der Waals surface area contributed by atoms with E-state index in [-0.39, 0.29) is 48.2 Å². The molecule has 1 saturated carbocycles. The van der Waals surface area contributed by atoms with Gasteiger partial charge in [0, 0.05) is 49.4 Å². The summed E-state index contributed by atoms with van der Waals surface area (Å²) >= 11 is 6.51. The van der Waals surface area contributed by atoms with Gasteiger partial charge in [-0.1, -0.05) is 6.42 Å². The number of halogens is 3. The van der Waals surface area contributed by atoms with E-state index in [9.17, 15) is 18.4 Å². The molecule has 5 rings (SSSR count). The van der Waals surface area contributed by atoms with Crippen LogP contribution in [0.2, 0.25) is 0 Å². The van der Waals surface area contributed by atoms with Gasteiger partial charge in [-0.2, -0.15) is 0 Å². The van der Waals surface area contributed by atoms with E-state index in [1.165, 1.54) is 4.90 Å². The molecule has 0 bridgehead atoms. The van der Waals surface area contributed by atoms with Gasteiger partial charge in [0.25, 0.3) is 5.92 Å². The van der Waals surface area contributed by atoms with E-state index >= 15 is 0 Å². The number of alkyl halides is 3. The minimum atomic E-state index is -2.80. The van der Waals surface area contributed by atoms with Gasteiger partial charge in [0.2, 0.25) is 11.8 Å². The van der Waals surface area contributed by atoms with Crippen LogP contribution in [0, 0.1) is 11.8 Å². The highest BCUT2D eigenvalue weighted by Crippen LogP contribution is 2.37. The highest BCUT2D eigenvalue weighted by Gasteiger charge is 2.50. The molecule has 4 heterocycles. The fourth-order valence-electron chi connectivity index (χ4n) is 6.09. The van der Waals surface area contributed by atoms with Crippen molar-refractivity contribution in [3.05, 3.63) is 0 Å². The molecule has 5 fully saturated rings. The maximum absolute atomic E-state index is 13.6. The van der Waals surface area contributed by atoms with Crippen molar-refractivity contribution in [1.82, 2.24) is 26.0 Å². The Bertz CT molecular complexity index is 713. The molecule has 7 atom stereocenters. The highest BCUT2D eigenvalue weighted by molar-refractivity contribution is 6.20. The van der Waals surface area contributed by atoms with Gasteiger partial charge >= 0.3 is 0 Å². The third kappa shape index (κ3) is 3.72. The lowest BCUT2D eigenvalue weighted by atomic mass is 9.84. The Morgan fingerprint density at radius 2 is 1.80 bits per heavy atom. The summed E-state index contributed by atoms with van der Waals surface area (Å²) in [7, 11) is 0. The number of hydrazine groups is 1. The van der Waals surface area contributed by atoms with Crippen molar-refractivity contribution in [2.24, 2.45) is 11.8 Å². The summed E-state index contributed by atoms with van der Waals surface area (Å²) in [4.78, 5) is 29.2. The van der Waals surface area contributed by atoms with E-state index in [1.807, 2.05) is 4.90 Å². The van der Waals surface area contributed by atoms with Crippen LogP contribution >= 0.6 is 11.6 Å². The van der Waals surface area contributed by atoms with Crippen LogP contribution in [0.4, 0.5) is 8.78 Å². The van der Waals surface area contributed by atoms with E-state index in [2.05, 4.69) is 16.2 Å². The average Bonchev–Trinajstić information content (AvgIpc) is 3.43. The summed E-state index contributed by atoms with van der Waals surface area (Å²) in [5.74, 6) is -2.79. The molecule has 4 aliphatic heterocycles. The Labute approximate surface area is 180 Å². The van der Waals surface area contributed by atoms with Crippen LogP contribution in [-0.4, -0.2) is 83.3 Å². The zero-order valence-electron chi connectivity index (χ0n) is 17.0. The second-order valence-electron chi connectivity index (χ2n) is 9.65. The van der Waals surface area contributed by atoms with E-state index in [4.69, 9.17) is 11.6 Å². The highest BCUT2D eigenvalue weighted by atomic mass is 35.5. The van der Waals surface area contributed by atoms with Gasteiger partial charge in [0.15, 0.2) is 0 Å². The Hall–Kier alpha value is -1.03. The Balaban J connectivity index is 1.23. The summed E-state index contributed by atoms with van der Waals surface area (Å²) in [5, 5.41) is 3.63. The first-order valence-electron chi connectivity index (χ1n) is 11.2. The predicted octanol–water partition coefficient (Wildman–Crippen LogP) is 0.686. The fourth-order valence-corrected chi connectivity index (χ4v) is 6.52. The standard InChI is InChI=1S/C20H30ClF2N5O2/c21-13-2-1-3-14-11(13)8-16(24-14)18(29)27-6-4-15-12(9-27)17(26-25-15)19(30)28-7-5-20(22,23)10-28/h11-17,24-26H,1-10H2. The van der Waals surface area contributed by atoms with Gasteiger partial charge in [-0.25, -0.2) is 14.2 Å². The first-order valence-corrected chi connectivity index (χ1v) is 11.6. The van der Waals surface area contributed by atoms with Gasteiger partial charge in [-0.05, 0) is 31.6 Å². The third-order valence-corrected chi connectivity index (χ3v) is 8.31. The minimum absolute atomic E-state index is 0.0671. The molecule has 0 aromatic rings. The average molecular weight is 446 g/mol. The summed E-state index contributed by atoms with van der Waals surface area (Å²) in [6, 6.07) is -0.415. The first kappa shape index (κ1) is 20.8. The number of likely N-dealkylation sites (tertiary alicyclic amines) is 2. The predicted molar refractivity (Wildman–Crippen MR) is 107 cm³/mol. The molecule has 0 aromatic carbocycles. The lowest BCUT2D eigenvalue weighted by molar-refractivity contribution is -0.138. The molecule has 7 unspecified atom stereocenters. The number of fused-ring (bicyclic) bond motifs is 2. The van der Waals surface area contributed by atoms with Gasteiger partial charge in [0.1, 0.15) is 6.04 Å². The molecule has 0 aromatic heterocycles. The number of carbonyl (C=O) groups excluding carboxylic acids is 2. The Morgan fingerprint density at radius 3 is 2.53 bits per heavy atom. The molecular weight excluding hydrogens is 416 g/mol. The topological polar surface area (TPSA) is 76.7 Å². The molecule has 0 spiro atoms. The minimum Gasteiger partial charge on any atom is -0.341 e. The summed E-state index contributed by atoms with van der Waals surface area (Å²) in [5.41, 5.74) is 6.17. The van der Waals surface area contributed by atoms with Crippen molar-refractivity contribution in [2.45, 2.75) is 74.0 Å². The number of carbonyl (C=O) groups is 2. The van der Waals surface area contributed by atoms with E-state index in [0.29, 0.717) is 25.0 Å². The maximum atomic E-state index is 13.6. The second kappa shape index (κ2) is 7.83. The van der Waals surface area contributed by atoms with Crippen molar-refractivity contribution in [3.8, 4) is 0 Å². The van der Waals surface area contributed by atoms with Crippen molar-refractivity contribution < 1.29 is 18.4 Å². The summed E-state index contributed by atoms with van der Waals surface area (Å²) in [6.45, 7) is 0.661. The lowest BCUT2D eigenvalue weighted by Gasteiger charge is -2.37. The molecule has 2 amide bonds. The molecular formula is C20H30ClF2N5O2. The molecule has 30 heavy (non-hydrogen) atoms. The number of hydrogen-bond acceptors (Lipinski definition) is 5. The smallest absolute Gasteiger partial charge is 0.267 e. The van der Waals surface area contributed by atoms with Crippen LogP contribution in [0.25, 0.3) is 0 Å². The van der Waals surface area contributed by atoms with Crippen LogP contribution < -0.4 is 16.2 Å². The molecule has 10 heteroatoms. The van der Waals surface area contributed by atoms with Crippen LogP contribution in [0.3, 0.4) is 0 Å². The molecule has 168 valence electrons. The van der Waals surface area contributed by atoms with Crippen LogP contribution in [-0.2, 0) is 9.59 Å². The van der Waals surface area contributed by atoms with Gasteiger partial charge in [-0.3, -0.25) is 15.0 Å². The fraction of sp³-hybridized carbons (Fsp3) is 0.900. The third-order valence-electron chi connectivity index (χ3n) is 7.77. The summed E-state index contributed by atoms with van der Waals surface area (Å²) < 4.78 is 27.1. The van der Waals surface area contributed by atoms with Crippen molar-refractivity contribution in [2.75, 3.05) is 26.2 Å². The van der Waals surface area contributed by atoms with Crippen LogP contribution in [0.15, 0.2) is 0 Å². The van der Waals surface area contributed by atoms with Gasteiger partial charge < -0.3 is 15.1 Å². The zero-order chi connectivity index (χ0) is 21.0. The number of nitrogens with one attached hydrogen (secondary N) is 3. The molecule has 3 N–H and O–H groups in total. The van der Waals surface area contributed by atoms with Crippen LogP contribution in [0.1, 0.15) is 38.5 Å². The largest absolute Gasteiger partial charge is 0.341 e. The normalized spacial score (nSPS) is 42.8. The zero-order valence-corrected chi connectivity index (χ0v) is 17.7. The monoisotopic (exact) mass is 445 g/mol. The molecule has 4 saturated heterocycles. The lowest BCUT2D eigenvalue weighted by Crippen LogP contribution is -2.55. The Kier molecular flexibility index (Phi) is 5.44. The van der Waals surface area contributed by atoms with Crippen LogP contribution in [0.5, 0.6) is 0 Å². The van der Waals surface area contributed by atoms with E-state index in [1.54, 1.807) is 0 Å². The molecule has 5 aliphatic rings. The molecule has 0 radical (unpaired) electrons. The number of amides is 2. The van der Waals surface area contributed by atoms with Crippen molar-refractivity contribution >= 4 is 23.4 Å². The summed E-state index contributed by atoms with van der Waals surface area (Å²) in [6.07, 6.45) is 4.38. The Morgan fingerprint density at radius 1 is 0.967 bits per heavy atom. The molecule has 7 nitrogen and oxygen atoms in total. The quantitative estimate of drug-likeness (QED) is 0.545. The van der Waals surface area contributed by atoms with Gasteiger partial charge in [0.05, 0.1) is 12.6 Å². The van der Waals surface area contributed by atoms with Gasteiger partial charge in [-0.15, -0.1) is 11.6 Å². The van der Waals surface area contributed by atoms with Crippen molar-refractivity contribution in [3.63, 3.8) is 0 Å². The number of nitrogens with zero attached hydrogens (tertiary/aromatic N) is 2.